The van der Waals surface area contributed by atoms with E-state index in [-0.39, 0.29) is 12.5 Å². The number of hydrazone groups is 1. The van der Waals surface area contributed by atoms with Crippen molar-refractivity contribution in [3.63, 3.8) is 0 Å². The topological polar surface area (TPSA) is 59.9 Å². The molecule has 2 rings (SSSR count). The van der Waals surface area contributed by atoms with Crippen LogP contribution < -0.4 is 14.9 Å². The first-order valence-corrected chi connectivity index (χ1v) is 9.85. The average molecular weight is 592 g/mol. The zero-order chi connectivity index (χ0) is 19.1. The van der Waals surface area contributed by atoms with Crippen LogP contribution in [0.5, 0.6) is 11.5 Å². The number of carbonyl (C=O) groups is 1. The molecule has 26 heavy (non-hydrogen) atoms. The van der Waals surface area contributed by atoms with E-state index in [2.05, 4.69) is 70.9 Å². The molecule has 2 aromatic rings. The van der Waals surface area contributed by atoms with Gasteiger partial charge in [-0.2, -0.15) is 5.10 Å². The van der Waals surface area contributed by atoms with Gasteiger partial charge in [-0.15, -0.1) is 6.42 Å². The lowest BCUT2D eigenvalue weighted by molar-refractivity contribution is 0.0954. The van der Waals surface area contributed by atoms with Gasteiger partial charge in [0.1, 0.15) is 18.1 Å². The molecule has 8 heteroatoms. The number of terminal acetylenes is 1. The normalized spacial score (nSPS) is 10.4. The Morgan fingerprint density at radius 1 is 1.35 bits per heavy atom. The first-order valence-electron chi connectivity index (χ1n) is 7.18. The molecule has 0 aliphatic rings. The molecule has 0 heterocycles. The average Bonchev–Trinajstić information content (AvgIpc) is 2.61. The van der Waals surface area contributed by atoms with Gasteiger partial charge in [-0.3, -0.25) is 4.79 Å². The number of hydrogen-bond donors (Lipinski definition) is 1. The quantitative estimate of drug-likeness (QED) is 0.231. The summed E-state index contributed by atoms with van der Waals surface area (Å²) in [4.78, 5) is 12.2. The van der Waals surface area contributed by atoms with E-state index in [0.717, 1.165) is 18.1 Å². The fraction of sp³-hybridized carbons (Fsp3) is 0.111. The Kier molecular flexibility index (Phi) is 7.93. The summed E-state index contributed by atoms with van der Waals surface area (Å²) in [5.74, 6) is 3.32. The van der Waals surface area contributed by atoms with Gasteiger partial charge in [0.15, 0.2) is 0 Å². The molecule has 1 N–H and O–H groups in total. The number of methoxy groups -OCH3 is 1. The molecular weight excluding hydrogens is 579 g/mol. The number of hydrogen-bond acceptors (Lipinski definition) is 4. The highest BCUT2D eigenvalue weighted by Crippen LogP contribution is 2.34. The van der Waals surface area contributed by atoms with Gasteiger partial charge in [0, 0.05) is 5.56 Å². The highest BCUT2D eigenvalue weighted by Gasteiger charge is 2.10. The molecule has 0 saturated carbocycles. The maximum Gasteiger partial charge on any atom is 0.271 e. The largest absolute Gasteiger partial charge is 0.496 e. The SMILES string of the molecule is C#CCOc1c(Br)cc(/C=N\NC(=O)c2ccc(I)c(OC)c2)cc1Br. The summed E-state index contributed by atoms with van der Waals surface area (Å²) in [5.41, 5.74) is 3.71. The Morgan fingerprint density at radius 2 is 2.04 bits per heavy atom. The van der Waals surface area contributed by atoms with Crippen molar-refractivity contribution in [1.82, 2.24) is 5.43 Å². The summed E-state index contributed by atoms with van der Waals surface area (Å²) in [5, 5.41) is 3.99. The molecule has 0 saturated heterocycles. The Labute approximate surface area is 181 Å². The first-order chi connectivity index (χ1) is 12.5. The molecule has 2 aromatic carbocycles. The Bertz CT molecular complexity index is 871. The van der Waals surface area contributed by atoms with Crippen LogP contribution in [0, 0.1) is 15.9 Å². The zero-order valence-electron chi connectivity index (χ0n) is 13.6. The molecule has 5 nitrogen and oxygen atoms in total. The van der Waals surface area contributed by atoms with Crippen LogP contribution in [0.1, 0.15) is 15.9 Å². The van der Waals surface area contributed by atoms with Crippen molar-refractivity contribution in [2.75, 3.05) is 13.7 Å². The summed E-state index contributed by atoms with van der Waals surface area (Å²) >= 11 is 8.98. The minimum Gasteiger partial charge on any atom is -0.496 e. The number of nitrogens with one attached hydrogen (secondary N) is 1. The van der Waals surface area contributed by atoms with Crippen LogP contribution in [0.3, 0.4) is 0 Å². The molecule has 0 spiro atoms. The van der Waals surface area contributed by atoms with Crippen LogP contribution in [0.15, 0.2) is 44.4 Å². The monoisotopic (exact) mass is 590 g/mol. The molecule has 0 unspecified atom stereocenters. The standard InChI is InChI=1S/C18H13Br2IN2O3/c1-3-6-26-17-13(19)7-11(8-14(17)20)10-22-23-18(24)12-4-5-15(21)16(9-12)25-2/h1,4-5,7-10H,6H2,2H3,(H,23,24)/b22-10-. The van der Waals surface area contributed by atoms with Crippen LogP contribution >= 0.6 is 54.5 Å². The predicted octanol–water partition coefficient (Wildman–Crippen LogP) is 4.60. The third-order valence-electron chi connectivity index (χ3n) is 3.11. The second kappa shape index (κ2) is 9.94. The van der Waals surface area contributed by atoms with Gasteiger partial charge in [-0.05, 0) is 90.3 Å². The fourth-order valence-electron chi connectivity index (χ4n) is 1.94. The van der Waals surface area contributed by atoms with Crippen LogP contribution in [0.4, 0.5) is 0 Å². The fourth-order valence-corrected chi connectivity index (χ4v) is 3.94. The molecule has 0 aromatic heterocycles. The van der Waals surface area contributed by atoms with Gasteiger partial charge < -0.3 is 9.47 Å². The summed E-state index contributed by atoms with van der Waals surface area (Å²) in [6.45, 7) is 0.167. The van der Waals surface area contributed by atoms with Gasteiger partial charge in [0.25, 0.3) is 5.91 Å². The summed E-state index contributed by atoms with van der Waals surface area (Å²) in [6, 6.07) is 8.79. The lowest BCUT2D eigenvalue weighted by atomic mass is 10.2. The Balaban J connectivity index is 2.08. The van der Waals surface area contributed by atoms with Crippen molar-refractivity contribution < 1.29 is 14.3 Å². The van der Waals surface area contributed by atoms with Gasteiger partial charge >= 0.3 is 0 Å². The Morgan fingerprint density at radius 3 is 2.65 bits per heavy atom. The summed E-state index contributed by atoms with van der Waals surface area (Å²) < 4.78 is 13.0. The van der Waals surface area contributed by atoms with E-state index < -0.39 is 0 Å². The molecule has 1 amide bonds. The maximum absolute atomic E-state index is 12.2. The predicted molar refractivity (Wildman–Crippen MR) is 117 cm³/mol. The van der Waals surface area contributed by atoms with Gasteiger partial charge in [0.2, 0.25) is 0 Å². The number of amides is 1. The second-order valence-corrected chi connectivity index (χ2v) is 7.73. The van der Waals surface area contributed by atoms with Crippen molar-refractivity contribution in [3.05, 3.63) is 54.0 Å². The van der Waals surface area contributed by atoms with Crippen molar-refractivity contribution >= 4 is 66.6 Å². The lowest BCUT2D eigenvalue weighted by Gasteiger charge is -2.08. The first kappa shape index (κ1) is 20.7. The number of carbonyl (C=O) groups excluding carboxylic acids is 1. The van der Waals surface area contributed by atoms with E-state index in [9.17, 15) is 4.79 Å². The van der Waals surface area contributed by atoms with Crippen LogP contribution in [0.2, 0.25) is 0 Å². The Hall–Kier alpha value is -1.57. The molecule has 134 valence electrons. The van der Waals surface area contributed by atoms with E-state index in [1.165, 1.54) is 6.21 Å². The molecule has 0 bridgehead atoms. The number of halogens is 3. The lowest BCUT2D eigenvalue weighted by Crippen LogP contribution is -2.17. The van der Waals surface area contributed by atoms with E-state index in [1.807, 2.05) is 0 Å². The van der Waals surface area contributed by atoms with Crippen molar-refractivity contribution in [2.24, 2.45) is 5.10 Å². The van der Waals surface area contributed by atoms with E-state index in [1.54, 1.807) is 37.4 Å². The third-order valence-corrected chi connectivity index (χ3v) is 5.18. The third kappa shape index (κ3) is 5.46. The minimum atomic E-state index is -0.331. The van der Waals surface area contributed by atoms with Crippen LogP contribution in [0.25, 0.3) is 0 Å². The molecule has 0 atom stereocenters. The summed E-state index contributed by atoms with van der Waals surface area (Å²) in [7, 11) is 1.56. The molecule has 0 aliphatic carbocycles. The molecule has 0 radical (unpaired) electrons. The maximum atomic E-state index is 12.2. The molecule has 0 fully saturated rings. The van der Waals surface area contributed by atoms with Gasteiger partial charge in [-0.25, -0.2) is 5.43 Å². The molecular formula is C18H13Br2IN2O3. The van der Waals surface area contributed by atoms with Crippen molar-refractivity contribution in [1.29, 1.82) is 0 Å². The van der Waals surface area contributed by atoms with Gasteiger partial charge in [-0.1, -0.05) is 5.92 Å². The number of rotatable bonds is 6. The number of ether oxygens (including phenoxy) is 2. The van der Waals surface area contributed by atoms with E-state index in [4.69, 9.17) is 15.9 Å². The highest BCUT2D eigenvalue weighted by molar-refractivity contribution is 14.1. The van der Waals surface area contributed by atoms with Crippen molar-refractivity contribution in [2.45, 2.75) is 0 Å². The smallest absolute Gasteiger partial charge is 0.271 e. The van der Waals surface area contributed by atoms with Crippen molar-refractivity contribution in [3.8, 4) is 23.8 Å². The van der Waals surface area contributed by atoms with E-state index >= 15 is 0 Å². The second-order valence-electron chi connectivity index (χ2n) is 4.85. The minimum absolute atomic E-state index is 0.167. The van der Waals surface area contributed by atoms with Crippen LogP contribution in [-0.4, -0.2) is 25.8 Å². The zero-order valence-corrected chi connectivity index (χ0v) is 18.9. The van der Waals surface area contributed by atoms with Crippen LogP contribution in [-0.2, 0) is 0 Å². The highest BCUT2D eigenvalue weighted by atomic mass is 127. The molecule has 0 aliphatic heterocycles. The summed E-state index contributed by atoms with van der Waals surface area (Å²) in [6.07, 6.45) is 6.73. The number of nitrogens with zero attached hydrogens (tertiary/aromatic N) is 1. The van der Waals surface area contributed by atoms with E-state index in [0.29, 0.717) is 17.1 Å². The number of benzene rings is 2. The van der Waals surface area contributed by atoms with Gasteiger partial charge in [0.05, 0.1) is 25.8 Å².